The quantitative estimate of drug-likeness (QED) is 0.214. The molecular weight excluding hydrogens is 420 g/mol. The van der Waals surface area contributed by atoms with Crippen LogP contribution in [0.4, 0.5) is 5.69 Å². The van der Waals surface area contributed by atoms with Crippen LogP contribution >= 0.6 is 0 Å². The third-order valence-corrected chi connectivity index (χ3v) is 6.26. The molecule has 0 saturated carbocycles. The molecule has 1 saturated heterocycles. The fourth-order valence-corrected chi connectivity index (χ4v) is 4.43. The highest BCUT2D eigenvalue weighted by molar-refractivity contribution is 5.95. The average molecular weight is 451 g/mol. The molecule has 0 unspecified atom stereocenters. The van der Waals surface area contributed by atoms with Gasteiger partial charge in [-0.15, -0.1) is 0 Å². The summed E-state index contributed by atoms with van der Waals surface area (Å²) in [6, 6.07) is 11.6. The molecule has 9 heteroatoms. The highest BCUT2D eigenvalue weighted by Crippen LogP contribution is 2.25. The maximum absolute atomic E-state index is 12.7. The van der Waals surface area contributed by atoms with Gasteiger partial charge in [0.25, 0.3) is 0 Å². The van der Waals surface area contributed by atoms with E-state index < -0.39 is 0 Å². The van der Waals surface area contributed by atoms with E-state index in [-0.39, 0.29) is 11.9 Å². The van der Waals surface area contributed by atoms with Crippen molar-refractivity contribution in [3.8, 4) is 0 Å². The average Bonchev–Trinajstić information content (AvgIpc) is 3.19. The number of piperazine rings is 1. The first-order valence-corrected chi connectivity index (χ1v) is 11.1. The van der Waals surface area contributed by atoms with Crippen molar-refractivity contribution in [2.24, 2.45) is 16.8 Å². The molecule has 0 aliphatic carbocycles. The van der Waals surface area contributed by atoms with Crippen molar-refractivity contribution >= 4 is 23.9 Å². The van der Waals surface area contributed by atoms with Crippen LogP contribution in [0.1, 0.15) is 32.6 Å². The molecule has 0 bridgehead atoms. The first kappa shape index (κ1) is 22.8. The van der Waals surface area contributed by atoms with Gasteiger partial charge in [0.15, 0.2) is 0 Å². The number of hydrogen-bond acceptors (Lipinski definition) is 7. The second kappa shape index (κ2) is 10.0. The first-order chi connectivity index (χ1) is 15.9. The van der Waals surface area contributed by atoms with Gasteiger partial charge < -0.3 is 15.5 Å². The number of ether oxygens (including phenoxy) is 1. The van der Waals surface area contributed by atoms with Crippen LogP contribution in [-0.2, 0) is 29.0 Å². The first-order valence-electron chi connectivity index (χ1n) is 11.1. The SMILES string of the molecule is Cc1cc(CCN2CCN(C(=O)Cc3ccc(N(N)/C=N\N)cc3)CC2)cc2c1C(=O)OC2. The Hall–Kier alpha value is -3.43. The van der Waals surface area contributed by atoms with E-state index in [2.05, 4.69) is 22.1 Å². The van der Waals surface area contributed by atoms with Crippen molar-refractivity contribution < 1.29 is 14.3 Å². The number of carbonyl (C=O) groups is 2. The molecule has 2 aromatic rings. The number of hydrogen-bond donors (Lipinski definition) is 2. The molecule has 4 rings (SSSR count). The van der Waals surface area contributed by atoms with Gasteiger partial charge in [0.2, 0.25) is 5.91 Å². The summed E-state index contributed by atoms with van der Waals surface area (Å²) in [6.45, 7) is 6.44. The Bertz CT molecular complexity index is 1040. The summed E-state index contributed by atoms with van der Waals surface area (Å²) in [6.07, 6.45) is 2.60. The van der Waals surface area contributed by atoms with Gasteiger partial charge in [0.1, 0.15) is 12.9 Å². The molecule has 2 heterocycles. The summed E-state index contributed by atoms with van der Waals surface area (Å²) in [5, 5.41) is 4.72. The summed E-state index contributed by atoms with van der Waals surface area (Å²) in [7, 11) is 0. The second-order valence-electron chi connectivity index (χ2n) is 8.51. The highest BCUT2D eigenvalue weighted by atomic mass is 16.5. The second-order valence-corrected chi connectivity index (χ2v) is 8.51. The van der Waals surface area contributed by atoms with E-state index in [9.17, 15) is 9.59 Å². The normalized spacial score (nSPS) is 16.2. The van der Waals surface area contributed by atoms with Crippen molar-refractivity contribution in [3.05, 3.63) is 64.2 Å². The minimum Gasteiger partial charge on any atom is -0.457 e. The summed E-state index contributed by atoms with van der Waals surface area (Å²) in [5.74, 6) is 10.8. The number of carbonyl (C=O) groups excluding carboxylic acids is 2. The van der Waals surface area contributed by atoms with Gasteiger partial charge in [-0.05, 0) is 42.2 Å². The number of hydrazone groups is 1. The van der Waals surface area contributed by atoms with Crippen LogP contribution in [0.2, 0.25) is 0 Å². The van der Waals surface area contributed by atoms with E-state index in [1.165, 1.54) is 16.9 Å². The molecule has 1 fully saturated rings. The van der Waals surface area contributed by atoms with Crippen LogP contribution in [0.15, 0.2) is 41.5 Å². The minimum absolute atomic E-state index is 0.134. The smallest absolute Gasteiger partial charge is 0.339 e. The van der Waals surface area contributed by atoms with E-state index in [0.29, 0.717) is 13.0 Å². The van der Waals surface area contributed by atoms with Gasteiger partial charge in [0.05, 0.1) is 17.7 Å². The lowest BCUT2D eigenvalue weighted by Gasteiger charge is -2.35. The Balaban J connectivity index is 1.24. The Labute approximate surface area is 193 Å². The van der Waals surface area contributed by atoms with Crippen LogP contribution in [0.3, 0.4) is 0 Å². The van der Waals surface area contributed by atoms with Crippen molar-refractivity contribution in [2.75, 3.05) is 37.7 Å². The predicted molar refractivity (Wildman–Crippen MR) is 127 cm³/mol. The molecule has 4 N–H and O–H groups in total. The fourth-order valence-electron chi connectivity index (χ4n) is 4.43. The van der Waals surface area contributed by atoms with E-state index in [1.54, 1.807) is 0 Å². The van der Waals surface area contributed by atoms with Crippen LogP contribution in [-0.4, -0.2) is 60.7 Å². The van der Waals surface area contributed by atoms with Crippen LogP contribution in [0.5, 0.6) is 0 Å². The number of cyclic esters (lactones) is 1. The van der Waals surface area contributed by atoms with Gasteiger partial charge >= 0.3 is 5.97 Å². The lowest BCUT2D eigenvalue weighted by atomic mass is 9.98. The van der Waals surface area contributed by atoms with E-state index >= 15 is 0 Å². The lowest BCUT2D eigenvalue weighted by molar-refractivity contribution is -0.132. The van der Waals surface area contributed by atoms with Gasteiger partial charge in [-0.3, -0.25) is 14.7 Å². The number of aryl methyl sites for hydroxylation is 1. The maximum atomic E-state index is 12.7. The van der Waals surface area contributed by atoms with Gasteiger partial charge in [-0.1, -0.05) is 24.3 Å². The van der Waals surface area contributed by atoms with Crippen LogP contribution < -0.4 is 16.7 Å². The van der Waals surface area contributed by atoms with Crippen molar-refractivity contribution in [3.63, 3.8) is 0 Å². The zero-order valence-corrected chi connectivity index (χ0v) is 18.9. The molecule has 33 heavy (non-hydrogen) atoms. The Morgan fingerprint density at radius 2 is 1.88 bits per heavy atom. The van der Waals surface area contributed by atoms with Gasteiger partial charge in [-0.25, -0.2) is 10.6 Å². The minimum atomic E-state index is -0.215. The predicted octanol–water partition coefficient (Wildman–Crippen LogP) is 1.18. The van der Waals surface area contributed by atoms with Gasteiger partial charge in [-0.2, -0.15) is 5.10 Å². The molecule has 0 radical (unpaired) electrons. The number of hydrazine groups is 1. The summed E-state index contributed by atoms with van der Waals surface area (Å²) in [4.78, 5) is 28.9. The third kappa shape index (κ3) is 5.32. The zero-order chi connectivity index (χ0) is 23.4. The number of anilines is 1. The molecule has 2 aliphatic rings. The van der Waals surface area contributed by atoms with Crippen LogP contribution in [0, 0.1) is 6.92 Å². The molecule has 0 spiro atoms. The zero-order valence-electron chi connectivity index (χ0n) is 18.9. The number of rotatable bonds is 7. The Morgan fingerprint density at radius 1 is 1.15 bits per heavy atom. The molecule has 2 aromatic carbocycles. The molecule has 174 valence electrons. The van der Waals surface area contributed by atoms with E-state index in [0.717, 1.165) is 67.1 Å². The Kier molecular flexibility index (Phi) is 6.90. The standard InChI is InChI=1S/C24H30N6O3/c1-17-12-19(13-20-15-33-24(32)23(17)20)6-7-28-8-10-29(11-9-28)22(31)14-18-2-4-21(5-3-18)30(26)16-27-25/h2-5,12-13,16H,6-11,14-15,25-26H2,1H3/b27-16-. The Morgan fingerprint density at radius 3 is 2.58 bits per heavy atom. The van der Waals surface area contributed by atoms with E-state index in [1.807, 2.05) is 36.1 Å². The van der Waals surface area contributed by atoms with Gasteiger partial charge in [0, 0.05) is 38.3 Å². The molecular formula is C24H30N6O3. The number of esters is 1. The molecule has 0 atom stereocenters. The lowest BCUT2D eigenvalue weighted by Crippen LogP contribution is -2.49. The van der Waals surface area contributed by atoms with E-state index in [4.69, 9.17) is 16.4 Å². The van der Waals surface area contributed by atoms with Crippen molar-refractivity contribution in [1.29, 1.82) is 0 Å². The summed E-state index contributed by atoms with van der Waals surface area (Å²) >= 11 is 0. The largest absolute Gasteiger partial charge is 0.457 e. The van der Waals surface area contributed by atoms with Crippen molar-refractivity contribution in [2.45, 2.75) is 26.4 Å². The number of benzene rings is 2. The number of fused-ring (bicyclic) bond motifs is 1. The molecule has 0 aromatic heterocycles. The molecule has 1 amide bonds. The monoisotopic (exact) mass is 450 g/mol. The van der Waals surface area contributed by atoms with Crippen LogP contribution in [0.25, 0.3) is 0 Å². The fraction of sp³-hybridized carbons (Fsp3) is 0.375. The van der Waals surface area contributed by atoms with Crippen molar-refractivity contribution in [1.82, 2.24) is 9.80 Å². The number of amides is 1. The molecule has 9 nitrogen and oxygen atoms in total. The highest BCUT2D eigenvalue weighted by Gasteiger charge is 2.24. The number of nitrogens with zero attached hydrogens (tertiary/aromatic N) is 4. The molecule has 2 aliphatic heterocycles. The third-order valence-electron chi connectivity index (χ3n) is 6.26. The topological polar surface area (TPSA) is 117 Å². The summed E-state index contributed by atoms with van der Waals surface area (Å²) in [5.41, 5.74) is 5.61. The maximum Gasteiger partial charge on any atom is 0.339 e. The number of nitrogens with two attached hydrogens (primary N) is 2. The summed E-state index contributed by atoms with van der Waals surface area (Å²) < 4.78 is 5.15.